The second kappa shape index (κ2) is 6.28. The number of piperidine rings is 1. The molecule has 1 heterocycles. The highest BCUT2D eigenvalue weighted by Crippen LogP contribution is 2.43. The van der Waals surface area contributed by atoms with E-state index in [1.807, 2.05) is 7.11 Å². The largest absolute Gasteiger partial charge is 0.381 e. The van der Waals surface area contributed by atoms with Crippen LogP contribution in [0.2, 0.25) is 0 Å². The SMILES string of the molecule is COC1CCN(C2(c3ccccc3)CCCCC2)CC1. The highest BCUT2D eigenvalue weighted by atomic mass is 16.5. The summed E-state index contributed by atoms with van der Waals surface area (Å²) in [7, 11) is 1.86. The summed E-state index contributed by atoms with van der Waals surface area (Å²) in [6.07, 6.45) is 9.66. The van der Waals surface area contributed by atoms with Gasteiger partial charge in [-0.25, -0.2) is 0 Å². The van der Waals surface area contributed by atoms with E-state index in [9.17, 15) is 0 Å². The van der Waals surface area contributed by atoms with Gasteiger partial charge in [0.05, 0.1) is 6.10 Å². The summed E-state index contributed by atoms with van der Waals surface area (Å²) >= 11 is 0. The molecule has 110 valence electrons. The van der Waals surface area contributed by atoms with Crippen LogP contribution in [0.25, 0.3) is 0 Å². The van der Waals surface area contributed by atoms with Gasteiger partial charge >= 0.3 is 0 Å². The number of nitrogens with zero attached hydrogens (tertiary/aromatic N) is 1. The summed E-state index contributed by atoms with van der Waals surface area (Å²) in [4.78, 5) is 2.76. The van der Waals surface area contributed by atoms with Gasteiger partial charge in [-0.2, -0.15) is 0 Å². The molecule has 0 unspecified atom stereocenters. The molecule has 1 aromatic carbocycles. The number of hydrogen-bond acceptors (Lipinski definition) is 2. The average Bonchev–Trinajstić information content (AvgIpc) is 2.56. The van der Waals surface area contributed by atoms with Gasteiger partial charge in [0.1, 0.15) is 0 Å². The van der Waals surface area contributed by atoms with Crippen molar-refractivity contribution < 1.29 is 4.74 Å². The van der Waals surface area contributed by atoms with E-state index in [-0.39, 0.29) is 0 Å². The first-order chi connectivity index (χ1) is 9.85. The van der Waals surface area contributed by atoms with Crippen molar-refractivity contribution in [3.05, 3.63) is 35.9 Å². The average molecular weight is 273 g/mol. The second-order valence-electron chi connectivity index (χ2n) is 6.38. The molecule has 1 saturated heterocycles. The van der Waals surface area contributed by atoms with Crippen LogP contribution in [0.3, 0.4) is 0 Å². The summed E-state index contributed by atoms with van der Waals surface area (Å²) in [5, 5.41) is 0. The minimum Gasteiger partial charge on any atom is -0.381 e. The Hall–Kier alpha value is -0.860. The summed E-state index contributed by atoms with van der Waals surface area (Å²) in [5.74, 6) is 0. The zero-order valence-electron chi connectivity index (χ0n) is 12.7. The number of benzene rings is 1. The van der Waals surface area contributed by atoms with Gasteiger partial charge in [-0.3, -0.25) is 4.90 Å². The van der Waals surface area contributed by atoms with Crippen LogP contribution in [0.1, 0.15) is 50.5 Å². The van der Waals surface area contributed by atoms with Gasteiger partial charge in [-0.05, 0) is 31.2 Å². The maximum absolute atomic E-state index is 5.54. The lowest BCUT2D eigenvalue weighted by molar-refractivity contribution is -0.0221. The number of hydrogen-bond donors (Lipinski definition) is 0. The van der Waals surface area contributed by atoms with Gasteiger partial charge < -0.3 is 4.74 Å². The second-order valence-corrected chi connectivity index (χ2v) is 6.38. The van der Waals surface area contributed by atoms with Crippen molar-refractivity contribution in [2.24, 2.45) is 0 Å². The van der Waals surface area contributed by atoms with Crippen LogP contribution >= 0.6 is 0 Å². The van der Waals surface area contributed by atoms with Gasteiger partial charge in [-0.15, -0.1) is 0 Å². The first kappa shape index (κ1) is 14.1. The molecule has 0 N–H and O–H groups in total. The minimum atomic E-state index is 0.304. The Morgan fingerprint density at radius 2 is 1.65 bits per heavy atom. The van der Waals surface area contributed by atoms with E-state index >= 15 is 0 Å². The Kier molecular flexibility index (Phi) is 4.42. The first-order valence-corrected chi connectivity index (χ1v) is 8.18. The molecule has 2 aliphatic rings. The maximum atomic E-state index is 5.54. The molecule has 2 fully saturated rings. The van der Waals surface area contributed by atoms with E-state index in [4.69, 9.17) is 4.74 Å². The Morgan fingerprint density at radius 3 is 2.25 bits per heavy atom. The molecular weight excluding hydrogens is 246 g/mol. The Balaban J connectivity index is 1.83. The monoisotopic (exact) mass is 273 g/mol. The fourth-order valence-corrected chi connectivity index (χ4v) is 4.19. The Morgan fingerprint density at radius 1 is 1.00 bits per heavy atom. The van der Waals surface area contributed by atoms with Crippen LogP contribution in [0.4, 0.5) is 0 Å². The number of likely N-dealkylation sites (tertiary alicyclic amines) is 1. The van der Waals surface area contributed by atoms with Gasteiger partial charge in [0.15, 0.2) is 0 Å². The molecule has 1 aliphatic carbocycles. The molecule has 1 saturated carbocycles. The molecule has 3 rings (SSSR count). The number of rotatable bonds is 3. The van der Waals surface area contributed by atoms with Crippen molar-refractivity contribution >= 4 is 0 Å². The highest BCUT2D eigenvalue weighted by Gasteiger charge is 2.40. The summed E-state index contributed by atoms with van der Waals surface area (Å²) in [5.41, 5.74) is 1.84. The fraction of sp³-hybridized carbons (Fsp3) is 0.667. The Labute approximate surface area is 123 Å². The molecule has 0 bridgehead atoms. The van der Waals surface area contributed by atoms with Crippen molar-refractivity contribution in [3.8, 4) is 0 Å². The third-order valence-electron chi connectivity index (χ3n) is 5.37. The molecule has 0 radical (unpaired) electrons. The molecule has 2 heteroatoms. The predicted molar refractivity (Wildman–Crippen MR) is 82.8 cm³/mol. The number of ether oxygens (including phenoxy) is 1. The predicted octanol–water partition coefficient (Wildman–Crippen LogP) is 3.96. The maximum Gasteiger partial charge on any atom is 0.0595 e. The third-order valence-corrected chi connectivity index (χ3v) is 5.37. The molecule has 0 amide bonds. The normalized spacial score (nSPS) is 24.6. The van der Waals surface area contributed by atoms with Crippen molar-refractivity contribution in [2.75, 3.05) is 20.2 Å². The standard InChI is InChI=1S/C18H27NO/c1-20-17-10-14-19(15-11-17)18(12-6-3-7-13-18)16-8-4-2-5-9-16/h2,4-5,8-9,17H,3,6-7,10-15H2,1H3. The molecule has 1 aliphatic heterocycles. The fourth-order valence-electron chi connectivity index (χ4n) is 4.19. The van der Waals surface area contributed by atoms with Crippen LogP contribution < -0.4 is 0 Å². The quantitative estimate of drug-likeness (QED) is 0.826. The van der Waals surface area contributed by atoms with Crippen LogP contribution in [-0.4, -0.2) is 31.2 Å². The van der Waals surface area contributed by atoms with Gasteiger partial charge in [0.2, 0.25) is 0 Å². The van der Waals surface area contributed by atoms with E-state index in [0.29, 0.717) is 11.6 Å². The first-order valence-electron chi connectivity index (χ1n) is 8.18. The van der Waals surface area contributed by atoms with E-state index in [1.165, 1.54) is 63.6 Å². The summed E-state index contributed by atoms with van der Waals surface area (Å²) in [6.45, 7) is 2.38. The molecule has 0 atom stereocenters. The van der Waals surface area contributed by atoms with Crippen molar-refractivity contribution in [2.45, 2.75) is 56.6 Å². The molecule has 1 aromatic rings. The number of methoxy groups -OCH3 is 1. The van der Waals surface area contributed by atoms with E-state index < -0.39 is 0 Å². The summed E-state index contributed by atoms with van der Waals surface area (Å²) in [6, 6.07) is 11.2. The topological polar surface area (TPSA) is 12.5 Å². The zero-order valence-corrected chi connectivity index (χ0v) is 12.7. The summed E-state index contributed by atoms with van der Waals surface area (Å²) < 4.78 is 5.54. The van der Waals surface area contributed by atoms with Crippen molar-refractivity contribution in [1.82, 2.24) is 4.90 Å². The van der Waals surface area contributed by atoms with E-state index in [2.05, 4.69) is 35.2 Å². The van der Waals surface area contributed by atoms with Crippen LogP contribution in [-0.2, 0) is 10.3 Å². The van der Waals surface area contributed by atoms with E-state index in [1.54, 1.807) is 0 Å². The zero-order chi connectivity index (χ0) is 13.8. The van der Waals surface area contributed by atoms with Gasteiger partial charge in [-0.1, -0.05) is 49.6 Å². The lowest BCUT2D eigenvalue weighted by Crippen LogP contribution is -2.51. The van der Waals surface area contributed by atoms with Crippen molar-refractivity contribution in [3.63, 3.8) is 0 Å². The van der Waals surface area contributed by atoms with Crippen molar-refractivity contribution in [1.29, 1.82) is 0 Å². The minimum absolute atomic E-state index is 0.304. The lowest BCUT2D eigenvalue weighted by atomic mass is 9.74. The lowest BCUT2D eigenvalue weighted by Gasteiger charge is -2.49. The van der Waals surface area contributed by atoms with Crippen LogP contribution in [0.5, 0.6) is 0 Å². The smallest absolute Gasteiger partial charge is 0.0595 e. The Bertz CT molecular complexity index is 403. The van der Waals surface area contributed by atoms with E-state index in [0.717, 1.165) is 0 Å². The van der Waals surface area contributed by atoms with Gasteiger partial charge in [0, 0.05) is 25.7 Å². The van der Waals surface area contributed by atoms with Gasteiger partial charge in [0.25, 0.3) is 0 Å². The molecule has 0 spiro atoms. The molecule has 0 aromatic heterocycles. The third kappa shape index (κ3) is 2.64. The van der Waals surface area contributed by atoms with Crippen LogP contribution in [0.15, 0.2) is 30.3 Å². The highest BCUT2D eigenvalue weighted by molar-refractivity contribution is 5.25. The molecular formula is C18H27NO. The van der Waals surface area contributed by atoms with Crippen LogP contribution in [0, 0.1) is 0 Å². The molecule has 20 heavy (non-hydrogen) atoms. The molecule has 2 nitrogen and oxygen atoms in total.